The summed E-state index contributed by atoms with van der Waals surface area (Å²) in [6, 6.07) is 0. The van der Waals surface area contributed by atoms with Crippen molar-refractivity contribution in [3.63, 3.8) is 0 Å². The molecule has 0 aliphatic heterocycles. The lowest BCUT2D eigenvalue weighted by atomic mass is 10.1. The van der Waals surface area contributed by atoms with Gasteiger partial charge < -0.3 is 10.2 Å². The van der Waals surface area contributed by atoms with Crippen molar-refractivity contribution in [3.8, 4) is 0 Å². The monoisotopic (exact) mass is 156 g/mol. The van der Waals surface area contributed by atoms with E-state index in [0.29, 0.717) is 6.42 Å². The second kappa shape index (κ2) is 7.51. The van der Waals surface area contributed by atoms with Crippen molar-refractivity contribution >= 4 is 0 Å². The molecule has 0 bridgehead atoms. The zero-order valence-corrected chi connectivity index (χ0v) is 6.74. The Morgan fingerprint density at radius 3 is 2.64 bits per heavy atom. The van der Waals surface area contributed by atoms with E-state index < -0.39 is 0 Å². The Bertz CT molecular complexity index is 119. The number of allylic oxidation sites excluding steroid dienone is 1. The Labute approximate surface area is 67.9 Å². The van der Waals surface area contributed by atoms with E-state index in [1.54, 1.807) is 18.2 Å². The van der Waals surface area contributed by atoms with Crippen LogP contribution in [0.3, 0.4) is 0 Å². The van der Waals surface area contributed by atoms with Gasteiger partial charge in [0.05, 0.1) is 12.7 Å². The van der Waals surface area contributed by atoms with Gasteiger partial charge in [0, 0.05) is 0 Å². The van der Waals surface area contributed by atoms with E-state index in [2.05, 4.69) is 6.58 Å². The molecule has 1 atom stereocenters. The Balaban J connectivity index is 3.28. The summed E-state index contributed by atoms with van der Waals surface area (Å²) in [4.78, 5) is 0. The van der Waals surface area contributed by atoms with E-state index in [4.69, 9.17) is 5.11 Å². The quantitative estimate of drug-likeness (QED) is 0.568. The SMILES string of the molecule is C=CCC[C@H](O)C/C=C\CO. The van der Waals surface area contributed by atoms with Crippen LogP contribution in [-0.2, 0) is 0 Å². The van der Waals surface area contributed by atoms with Crippen molar-refractivity contribution in [1.82, 2.24) is 0 Å². The first kappa shape index (κ1) is 10.4. The van der Waals surface area contributed by atoms with E-state index in [1.165, 1.54) is 0 Å². The average molecular weight is 156 g/mol. The molecule has 0 aliphatic carbocycles. The zero-order chi connectivity index (χ0) is 8.53. The van der Waals surface area contributed by atoms with Crippen LogP contribution in [0, 0.1) is 0 Å². The molecule has 0 aromatic carbocycles. The van der Waals surface area contributed by atoms with Crippen LogP contribution in [0.2, 0.25) is 0 Å². The average Bonchev–Trinajstić information content (AvgIpc) is 2.01. The molecule has 0 amide bonds. The molecule has 11 heavy (non-hydrogen) atoms. The van der Waals surface area contributed by atoms with Gasteiger partial charge in [0.15, 0.2) is 0 Å². The van der Waals surface area contributed by atoms with E-state index >= 15 is 0 Å². The molecule has 0 unspecified atom stereocenters. The summed E-state index contributed by atoms with van der Waals surface area (Å²) in [6.45, 7) is 3.61. The maximum atomic E-state index is 9.23. The van der Waals surface area contributed by atoms with Crippen LogP contribution in [-0.4, -0.2) is 22.9 Å². The summed E-state index contributed by atoms with van der Waals surface area (Å²) in [5.74, 6) is 0. The lowest BCUT2D eigenvalue weighted by molar-refractivity contribution is 0.169. The Morgan fingerprint density at radius 1 is 1.36 bits per heavy atom. The van der Waals surface area contributed by atoms with Crippen molar-refractivity contribution in [2.75, 3.05) is 6.61 Å². The smallest absolute Gasteiger partial charge is 0.0612 e. The summed E-state index contributed by atoms with van der Waals surface area (Å²) in [5, 5.41) is 17.6. The normalized spacial score (nSPS) is 13.6. The van der Waals surface area contributed by atoms with Gasteiger partial charge in [-0.15, -0.1) is 6.58 Å². The third-order valence-electron chi connectivity index (χ3n) is 1.38. The molecule has 0 aromatic rings. The van der Waals surface area contributed by atoms with Crippen LogP contribution in [0.4, 0.5) is 0 Å². The first-order valence-corrected chi connectivity index (χ1v) is 3.86. The van der Waals surface area contributed by atoms with Crippen LogP contribution in [0.25, 0.3) is 0 Å². The lowest BCUT2D eigenvalue weighted by Gasteiger charge is -2.04. The van der Waals surface area contributed by atoms with E-state index in [9.17, 15) is 5.11 Å². The zero-order valence-electron chi connectivity index (χ0n) is 6.74. The maximum Gasteiger partial charge on any atom is 0.0612 e. The third kappa shape index (κ3) is 7.30. The minimum atomic E-state index is -0.296. The van der Waals surface area contributed by atoms with Crippen molar-refractivity contribution in [2.45, 2.75) is 25.4 Å². The molecule has 0 saturated heterocycles. The minimum absolute atomic E-state index is 0.0498. The van der Waals surface area contributed by atoms with Crippen LogP contribution in [0.1, 0.15) is 19.3 Å². The Morgan fingerprint density at radius 2 is 2.09 bits per heavy atom. The molecule has 0 heterocycles. The number of aliphatic hydroxyl groups excluding tert-OH is 2. The van der Waals surface area contributed by atoms with Crippen LogP contribution < -0.4 is 0 Å². The van der Waals surface area contributed by atoms with E-state index in [1.807, 2.05) is 0 Å². The fourth-order valence-electron chi connectivity index (χ4n) is 0.756. The van der Waals surface area contributed by atoms with Crippen LogP contribution >= 0.6 is 0 Å². The summed E-state index contributed by atoms with van der Waals surface area (Å²) >= 11 is 0. The van der Waals surface area contributed by atoms with Crippen LogP contribution in [0.5, 0.6) is 0 Å². The fraction of sp³-hybridized carbons (Fsp3) is 0.556. The standard InChI is InChI=1S/C9H16O2/c1-2-3-6-9(11)7-4-5-8-10/h2,4-5,9-11H,1,3,6-8H2/b5-4-/t9-/m0/s1. The van der Waals surface area contributed by atoms with Crippen molar-refractivity contribution in [1.29, 1.82) is 0 Å². The minimum Gasteiger partial charge on any atom is -0.393 e. The predicted octanol–water partition coefficient (Wildman–Crippen LogP) is 1.25. The fourth-order valence-corrected chi connectivity index (χ4v) is 0.756. The highest BCUT2D eigenvalue weighted by Gasteiger charge is 1.97. The second-order valence-corrected chi connectivity index (χ2v) is 2.41. The molecule has 0 aromatic heterocycles. The molecule has 0 saturated carbocycles. The van der Waals surface area contributed by atoms with Gasteiger partial charge in [-0.1, -0.05) is 18.2 Å². The van der Waals surface area contributed by atoms with E-state index in [0.717, 1.165) is 12.8 Å². The van der Waals surface area contributed by atoms with Gasteiger partial charge in [0.2, 0.25) is 0 Å². The van der Waals surface area contributed by atoms with Gasteiger partial charge in [-0.2, -0.15) is 0 Å². The maximum absolute atomic E-state index is 9.23. The molecule has 0 spiro atoms. The lowest BCUT2D eigenvalue weighted by Crippen LogP contribution is -2.03. The number of hydrogen-bond donors (Lipinski definition) is 2. The summed E-state index contributed by atoms with van der Waals surface area (Å²) in [6.07, 6.45) is 7.13. The first-order chi connectivity index (χ1) is 5.31. The topological polar surface area (TPSA) is 40.5 Å². The first-order valence-electron chi connectivity index (χ1n) is 3.86. The number of hydrogen-bond acceptors (Lipinski definition) is 2. The van der Waals surface area contributed by atoms with Crippen molar-refractivity contribution in [2.24, 2.45) is 0 Å². The van der Waals surface area contributed by atoms with Crippen LogP contribution in [0.15, 0.2) is 24.8 Å². The molecule has 64 valence electrons. The number of rotatable bonds is 6. The molecule has 0 radical (unpaired) electrons. The second-order valence-electron chi connectivity index (χ2n) is 2.41. The van der Waals surface area contributed by atoms with Gasteiger partial charge in [-0.3, -0.25) is 0 Å². The summed E-state index contributed by atoms with van der Waals surface area (Å²) in [7, 11) is 0. The largest absolute Gasteiger partial charge is 0.393 e. The molecule has 2 heteroatoms. The molecule has 2 N–H and O–H groups in total. The molecule has 0 aliphatic rings. The summed E-state index contributed by atoms with van der Waals surface area (Å²) in [5.41, 5.74) is 0. The highest BCUT2D eigenvalue weighted by atomic mass is 16.3. The molecule has 0 rings (SSSR count). The Hall–Kier alpha value is -0.600. The number of aliphatic hydroxyl groups is 2. The van der Waals surface area contributed by atoms with Gasteiger partial charge in [-0.05, 0) is 19.3 Å². The van der Waals surface area contributed by atoms with E-state index in [-0.39, 0.29) is 12.7 Å². The predicted molar refractivity (Wildman–Crippen MR) is 46.3 cm³/mol. The van der Waals surface area contributed by atoms with Crippen molar-refractivity contribution < 1.29 is 10.2 Å². The third-order valence-corrected chi connectivity index (χ3v) is 1.38. The van der Waals surface area contributed by atoms with Gasteiger partial charge in [-0.25, -0.2) is 0 Å². The molecular formula is C9H16O2. The molecule has 2 nitrogen and oxygen atoms in total. The Kier molecular flexibility index (Phi) is 7.10. The van der Waals surface area contributed by atoms with Gasteiger partial charge in [0.1, 0.15) is 0 Å². The highest BCUT2D eigenvalue weighted by molar-refractivity contribution is 4.84. The van der Waals surface area contributed by atoms with Gasteiger partial charge >= 0.3 is 0 Å². The van der Waals surface area contributed by atoms with Gasteiger partial charge in [0.25, 0.3) is 0 Å². The molecule has 0 fully saturated rings. The summed E-state index contributed by atoms with van der Waals surface area (Å²) < 4.78 is 0. The van der Waals surface area contributed by atoms with Crippen molar-refractivity contribution in [3.05, 3.63) is 24.8 Å². The highest BCUT2D eigenvalue weighted by Crippen LogP contribution is 2.02. The molecular weight excluding hydrogens is 140 g/mol.